The number of benzene rings is 2. The fraction of sp³-hybridized carbons (Fsp3) is 0.273. The van der Waals surface area contributed by atoms with Gasteiger partial charge in [0, 0.05) is 50.2 Å². The molecule has 2 aliphatic rings. The molecule has 6 heterocycles. The Balaban J connectivity index is 1.21. The number of halogens is 2. The predicted molar refractivity (Wildman–Crippen MR) is 171 cm³/mol. The molecule has 14 heteroatoms. The van der Waals surface area contributed by atoms with Crippen LogP contribution in [-0.4, -0.2) is 82.6 Å². The van der Waals surface area contributed by atoms with Crippen LogP contribution in [0, 0.1) is 11.6 Å². The molecule has 8 rings (SSSR count). The monoisotopic (exact) mass is 636 g/mol. The van der Waals surface area contributed by atoms with Crippen LogP contribution < -0.4 is 10.2 Å². The van der Waals surface area contributed by atoms with Gasteiger partial charge in [-0.25, -0.2) is 28.4 Å². The lowest BCUT2D eigenvalue weighted by Gasteiger charge is -2.29. The molecule has 2 N–H and O–H groups in total. The third kappa shape index (κ3) is 4.83. The maximum absolute atomic E-state index is 14.8. The van der Waals surface area contributed by atoms with Crippen LogP contribution in [0.4, 0.5) is 20.4 Å². The number of hydrogen-bond acceptors (Lipinski definition) is 9. The lowest BCUT2D eigenvalue weighted by atomic mass is 10.0. The number of nitrogens with zero attached hydrogens (tertiary/aromatic N) is 9. The first-order valence-corrected chi connectivity index (χ1v) is 15.3. The molecule has 2 aromatic carbocycles. The van der Waals surface area contributed by atoms with Gasteiger partial charge in [0.25, 0.3) is 0 Å². The van der Waals surface area contributed by atoms with E-state index in [0.29, 0.717) is 54.3 Å². The van der Waals surface area contributed by atoms with Gasteiger partial charge >= 0.3 is 0 Å². The average molecular weight is 637 g/mol. The van der Waals surface area contributed by atoms with Crippen molar-refractivity contribution in [2.75, 3.05) is 30.4 Å². The topological polar surface area (TPSA) is 130 Å². The van der Waals surface area contributed by atoms with Crippen molar-refractivity contribution in [3.05, 3.63) is 84.4 Å². The van der Waals surface area contributed by atoms with E-state index in [2.05, 4.69) is 25.5 Å². The van der Waals surface area contributed by atoms with Gasteiger partial charge in [0.2, 0.25) is 5.91 Å². The van der Waals surface area contributed by atoms with E-state index in [1.54, 1.807) is 16.6 Å². The number of nitrogens with one attached hydrogen (secondary N) is 1. The molecule has 12 nitrogen and oxygen atoms in total. The van der Waals surface area contributed by atoms with Crippen molar-refractivity contribution in [1.29, 1.82) is 0 Å². The summed E-state index contributed by atoms with van der Waals surface area (Å²) in [6.45, 7) is 0.702. The Kier molecular flexibility index (Phi) is 6.83. The van der Waals surface area contributed by atoms with E-state index in [4.69, 9.17) is 4.98 Å². The molecule has 1 amide bonds. The van der Waals surface area contributed by atoms with Gasteiger partial charge < -0.3 is 20.2 Å². The number of anilines is 2. The Labute approximate surface area is 267 Å². The zero-order valence-electron chi connectivity index (χ0n) is 25.5. The summed E-state index contributed by atoms with van der Waals surface area (Å²) in [4.78, 5) is 31.6. The summed E-state index contributed by atoms with van der Waals surface area (Å²) >= 11 is 0. The van der Waals surface area contributed by atoms with Crippen molar-refractivity contribution in [2.45, 2.75) is 31.0 Å². The number of aliphatic hydroxyl groups is 1. The number of pyridine rings is 1. The largest absolute Gasteiger partial charge is 0.387 e. The van der Waals surface area contributed by atoms with Gasteiger partial charge in [-0.2, -0.15) is 10.2 Å². The number of carbonyl (C=O) groups excluding carboxylic acids is 1. The van der Waals surface area contributed by atoms with E-state index in [1.807, 2.05) is 48.3 Å². The van der Waals surface area contributed by atoms with Crippen LogP contribution in [-0.2, 0) is 11.8 Å². The van der Waals surface area contributed by atoms with Crippen LogP contribution in [0.5, 0.6) is 0 Å². The minimum atomic E-state index is -0.889. The summed E-state index contributed by atoms with van der Waals surface area (Å²) in [5, 5.41) is 25.4. The summed E-state index contributed by atoms with van der Waals surface area (Å²) in [6.07, 6.45) is 2.73. The van der Waals surface area contributed by atoms with Crippen LogP contribution in [0.3, 0.4) is 0 Å². The summed E-state index contributed by atoms with van der Waals surface area (Å²) < 4.78 is 31.4. The first-order valence-electron chi connectivity index (χ1n) is 15.3. The molecular formula is C33H30F2N10O2. The molecule has 6 aromatic rings. The fourth-order valence-electron chi connectivity index (χ4n) is 6.86. The van der Waals surface area contributed by atoms with E-state index in [1.165, 1.54) is 23.3 Å². The fourth-order valence-corrected chi connectivity index (χ4v) is 6.86. The first-order chi connectivity index (χ1) is 22.8. The Morgan fingerprint density at radius 1 is 1.04 bits per heavy atom. The van der Waals surface area contributed by atoms with E-state index < -0.39 is 23.8 Å². The molecule has 1 fully saturated rings. The molecular weight excluding hydrogens is 606 g/mol. The highest BCUT2D eigenvalue weighted by Crippen LogP contribution is 2.36. The summed E-state index contributed by atoms with van der Waals surface area (Å²) in [7, 11) is 3.54. The number of rotatable bonds is 2. The lowest BCUT2D eigenvalue weighted by Crippen LogP contribution is -2.45. The number of hydrogen-bond donors (Lipinski definition) is 2. The lowest BCUT2D eigenvalue weighted by molar-refractivity contribution is -0.131. The number of likely N-dealkylation sites (N-methyl/N-ethyl adjacent to an activating group) is 1. The van der Waals surface area contributed by atoms with Crippen LogP contribution >= 0.6 is 0 Å². The van der Waals surface area contributed by atoms with E-state index >= 15 is 0 Å². The van der Waals surface area contributed by atoms with Gasteiger partial charge in [-0.15, -0.1) is 0 Å². The SMILES string of the molecule is CN1CCC(O)c2c3c(cccc3nn2C)-c2cccc(n2)N[C@H]2C[C@@H](C1=O)N(c1ncnc3c1cnn3-c1ccc(F)cc1F)C2. The highest BCUT2D eigenvalue weighted by Gasteiger charge is 2.40. The Hall–Kier alpha value is -5.50. The van der Waals surface area contributed by atoms with Gasteiger partial charge in [-0.3, -0.25) is 9.48 Å². The first kappa shape index (κ1) is 28.9. The van der Waals surface area contributed by atoms with Crippen LogP contribution in [0.25, 0.3) is 38.9 Å². The normalized spacial score (nSPS) is 20.0. The standard InChI is InChI=1S/C33H30F2N10O2/c1-42-12-11-27(46)30-29-20(5-3-7-24(29)41-43(30)2)23-6-4-8-28(40-23)39-19-14-26(33(42)47)44(16-19)31-21-15-38-45(32(21)37-17-36-31)25-10-9-18(34)13-22(25)35/h3-10,13,15,17,19,26-27,46H,11-12,14,16H2,1-2H3,(H,39,40)/t19-,26-,27?/m0/s1. The number of carbonyl (C=O) groups is 1. The van der Waals surface area contributed by atoms with Gasteiger partial charge in [-0.1, -0.05) is 18.2 Å². The molecule has 0 aliphatic carbocycles. The molecule has 3 atom stereocenters. The van der Waals surface area contributed by atoms with Crippen molar-refractivity contribution in [3.8, 4) is 16.9 Å². The quantitative estimate of drug-likeness (QED) is 0.290. The number of aromatic nitrogens is 7. The van der Waals surface area contributed by atoms with Crippen LogP contribution in [0.2, 0.25) is 0 Å². The van der Waals surface area contributed by atoms with Crippen molar-refractivity contribution in [1.82, 2.24) is 39.4 Å². The second-order valence-electron chi connectivity index (χ2n) is 12.0. The van der Waals surface area contributed by atoms with Crippen LogP contribution in [0.15, 0.2) is 67.1 Å². The van der Waals surface area contributed by atoms with Gasteiger partial charge in [0.15, 0.2) is 11.5 Å². The molecule has 238 valence electrons. The minimum absolute atomic E-state index is 0.0394. The van der Waals surface area contributed by atoms with Crippen molar-refractivity contribution in [2.24, 2.45) is 7.05 Å². The smallest absolute Gasteiger partial charge is 0.245 e. The molecule has 2 aliphatic heterocycles. The molecule has 0 radical (unpaired) electrons. The second-order valence-corrected chi connectivity index (χ2v) is 12.0. The number of aryl methyl sites for hydroxylation is 1. The molecule has 1 unspecified atom stereocenters. The highest BCUT2D eigenvalue weighted by molar-refractivity contribution is 5.96. The van der Waals surface area contributed by atoms with Crippen molar-refractivity contribution in [3.63, 3.8) is 0 Å². The van der Waals surface area contributed by atoms with Gasteiger partial charge in [0.1, 0.15) is 35.5 Å². The summed E-state index contributed by atoms with van der Waals surface area (Å²) in [5.41, 5.74) is 3.36. The number of amides is 1. The van der Waals surface area contributed by atoms with E-state index in [9.17, 15) is 18.7 Å². The summed E-state index contributed by atoms with van der Waals surface area (Å²) in [5.74, 6) is -0.518. The highest BCUT2D eigenvalue weighted by atomic mass is 19.1. The van der Waals surface area contributed by atoms with Gasteiger partial charge in [-0.05, 0) is 43.2 Å². The maximum atomic E-state index is 14.8. The molecule has 4 aromatic heterocycles. The Morgan fingerprint density at radius 2 is 1.89 bits per heavy atom. The van der Waals surface area contributed by atoms with E-state index in [0.717, 1.165) is 34.3 Å². The van der Waals surface area contributed by atoms with E-state index in [-0.39, 0.29) is 17.6 Å². The summed E-state index contributed by atoms with van der Waals surface area (Å²) in [6, 6.07) is 14.0. The van der Waals surface area contributed by atoms with Gasteiger partial charge in [0.05, 0.1) is 34.6 Å². The van der Waals surface area contributed by atoms with Crippen molar-refractivity contribution >= 4 is 39.5 Å². The number of fused-ring (bicyclic) bond motifs is 6. The zero-order valence-corrected chi connectivity index (χ0v) is 25.5. The Bertz CT molecular complexity index is 2180. The third-order valence-electron chi connectivity index (χ3n) is 9.05. The molecule has 1 saturated heterocycles. The number of aliphatic hydroxyl groups excluding tert-OH is 1. The zero-order chi connectivity index (χ0) is 32.4. The third-order valence-corrected chi connectivity index (χ3v) is 9.05. The molecule has 4 bridgehead atoms. The Morgan fingerprint density at radius 3 is 2.74 bits per heavy atom. The molecule has 0 spiro atoms. The maximum Gasteiger partial charge on any atom is 0.245 e. The predicted octanol–water partition coefficient (Wildman–Crippen LogP) is 4.00. The minimum Gasteiger partial charge on any atom is -0.387 e. The van der Waals surface area contributed by atoms with Crippen LogP contribution in [0.1, 0.15) is 24.6 Å². The molecule has 0 saturated carbocycles. The average Bonchev–Trinajstić information content (AvgIpc) is 3.77. The molecule has 47 heavy (non-hydrogen) atoms. The van der Waals surface area contributed by atoms with Crippen molar-refractivity contribution < 1.29 is 18.7 Å². The second kappa shape index (κ2) is 11.1.